The molecule has 0 aromatic carbocycles. The molecule has 0 atom stereocenters. The summed E-state index contributed by atoms with van der Waals surface area (Å²) in [6.45, 7) is 8.65. The number of thiazole rings is 1. The number of aryl methyl sites for hydroxylation is 2. The Bertz CT molecular complexity index is 568. The van der Waals surface area contributed by atoms with Gasteiger partial charge in [-0.3, -0.25) is 0 Å². The van der Waals surface area contributed by atoms with Gasteiger partial charge in [0.05, 0.1) is 12.6 Å². The summed E-state index contributed by atoms with van der Waals surface area (Å²) < 4.78 is 5.61. The summed E-state index contributed by atoms with van der Waals surface area (Å²) in [5.41, 5.74) is 0.881. The average Bonchev–Trinajstić information content (AvgIpc) is 2.83. The molecule has 5 nitrogen and oxygen atoms in total. The Morgan fingerprint density at radius 1 is 1.35 bits per heavy atom. The van der Waals surface area contributed by atoms with Crippen molar-refractivity contribution in [2.75, 3.05) is 5.32 Å². The Hall–Kier alpha value is -1.69. The molecule has 0 fully saturated rings. The molecule has 0 amide bonds. The molecule has 0 saturated carbocycles. The van der Waals surface area contributed by atoms with E-state index in [0.717, 1.165) is 17.1 Å². The van der Waals surface area contributed by atoms with Crippen molar-refractivity contribution in [3.8, 4) is 5.88 Å². The van der Waals surface area contributed by atoms with Crippen molar-refractivity contribution < 1.29 is 4.74 Å². The van der Waals surface area contributed by atoms with Crippen molar-refractivity contribution in [2.45, 2.75) is 46.8 Å². The summed E-state index contributed by atoms with van der Waals surface area (Å²) in [4.78, 5) is 14.4. The van der Waals surface area contributed by atoms with Crippen LogP contribution in [0.3, 0.4) is 0 Å². The third-order valence-electron chi connectivity index (χ3n) is 2.53. The number of hydrogen-bond donors (Lipinski definition) is 1. The van der Waals surface area contributed by atoms with Crippen LogP contribution >= 0.6 is 11.3 Å². The zero-order valence-electron chi connectivity index (χ0n) is 12.3. The van der Waals surface area contributed by atoms with Gasteiger partial charge in [-0.1, -0.05) is 6.92 Å². The highest BCUT2D eigenvalue weighted by Crippen LogP contribution is 2.16. The minimum absolute atomic E-state index is 0.100. The van der Waals surface area contributed by atoms with Crippen LogP contribution in [0.4, 0.5) is 5.95 Å². The Balaban J connectivity index is 2.03. The van der Waals surface area contributed by atoms with Crippen LogP contribution < -0.4 is 10.1 Å². The fourth-order valence-electron chi connectivity index (χ4n) is 1.67. The van der Waals surface area contributed by atoms with Gasteiger partial charge in [0.15, 0.2) is 0 Å². The van der Waals surface area contributed by atoms with Crippen LogP contribution in [0.5, 0.6) is 5.88 Å². The number of hydrogen-bond acceptors (Lipinski definition) is 6. The van der Waals surface area contributed by atoms with E-state index in [1.54, 1.807) is 11.3 Å². The molecule has 1 N–H and O–H groups in total. The van der Waals surface area contributed by atoms with Crippen LogP contribution in [0.25, 0.3) is 0 Å². The molecule has 0 unspecified atom stereocenters. The number of nitrogens with zero attached hydrogens (tertiary/aromatic N) is 3. The van der Waals surface area contributed by atoms with Crippen molar-refractivity contribution in [1.82, 2.24) is 15.0 Å². The van der Waals surface area contributed by atoms with Gasteiger partial charge in [-0.25, -0.2) is 9.97 Å². The molecule has 0 bridgehead atoms. The third-order valence-corrected chi connectivity index (χ3v) is 3.68. The lowest BCUT2D eigenvalue weighted by Crippen LogP contribution is -2.10. The highest BCUT2D eigenvalue weighted by Gasteiger charge is 2.06. The van der Waals surface area contributed by atoms with Crippen LogP contribution in [0.2, 0.25) is 0 Å². The van der Waals surface area contributed by atoms with E-state index in [4.69, 9.17) is 4.74 Å². The fraction of sp³-hybridized carbons (Fsp3) is 0.500. The van der Waals surface area contributed by atoms with Gasteiger partial charge in [-0.05, 0) is 27.2 Å². The van der Waals surface area contributed by atoms with Crippen LogP contribution in [-0.4, -0.2) is 21.1 Å². The molecule has 2 rings (SSSR count). The Morgan fingerprint density at radius 2 is 2.15 bits per heavy atom. The molecule has 0 aliphatic heterocycles. The molecule has 0 aliphatic carbocycles. The third kappa shape index (κ3) is 4.16. The summed E-state index contributed by atoms with van der Waals surface area (Å²) in [5.74, 6) is 1.18. The van der Waals surface area contributed by atoms with Crippen molar-refractivity contribution >= 4 is 17.3 Å². The minimum atomic E-state index is 0.100. The molecule has 0 spiro atoms. The quantitative estimate of drug-likeness (QED) is 0.886. The van der Waals surface area contributed by atoms with Crippen LogP contribution in [0.1, 0.15) is 36.3 Å². The Kier molecular flexibility index (Phi) is 4.89. The Labute approximate surface area is 123 Å². The number of anilines is 1. The smallest absolute Gasteiger partial charge is 0.226 e. The molecular formula is C14H20N4OS. The minimum Gasteiger partial charge on any atom is -0.475 e. The summed E-state index contributed by atoms with van der Waals surface area (Å²) in [6, 6.07) is 1.84. The van der Waals surface area contributed by atoms with E-state index in [9.17, 15) is 0 Å². The number of nitrogens with one attached hydrogen (secondary N) is 1. The number of rotatable bonds is 6. The number of ether oxygens (including phenoxy) is 1. The molecule has 20 heavy (non-hydrogen) atoms. The summed E-state index contributed by atoms with van der Waals surface area (Å²) >= 11 is 1.71. The van der Waals surface area contributed by atoms with Gasteiger partial charge in [0.25, 0.3) is 0 Å². The van der Waals surface area contributed by atoms with E-state index < -0.39 is 0 Å². The maximum atomic E-state index is 5.61. The lowest BCUT2D eigenvalue weighted by Gasteiger charge is -2.11. The van der Waals surface area contributed by atoms with Crippen LogP contribution in [-0.2, 0) is 13.0 Å². The average molecular weight is 292 g/mol. The summed E-state index contributed by atoms with van der Waals surface area (Å²) in [6.07, 6.45) is 3.04. The zero-order chi connectivity index (χ0) is 14.5. The van der Waals surface area contributed by atoms with Crippen molar-refractivity contribution in [3.05, 3.63) is 27.8 Å². The molecule has 0 radical (unpaired) electrons. The largest absolute Gasteiger partial charge is 0.475 e. The van der Waals surface area contributed by atoms with E-state index in [-0.39, 0.29) is 6.10 Å². The first-order valence-electron chi connectivity index (χ1n) is 6.76. The lowest BCUT2D eigenvalue weighted by atomic mass is 10.4. The van der Waals surface area contributed by atoms with Gasteiger partial charge in [-0.15, -0.1) is 11.3 Å². The first-order chi connectivity index (χ1) is 9.56. The van der Waals surface area contributed by atoms with E-state index in [2.05, 4.69) is 27.2 Å². The second-order valence-corrected chi connectivity index (χ2v) is 5.96. The van der Waals surface area contributed by atoms with Crippen LogP contribution in [0.15, 0.2) is 12.3 Å². The molecule has 6 heteroatoms. The van der Waals surface area contributed by atoms with E-state index in [1.165, 1.54) is 4.88 Å². The van der Waals surface area contributed by atoms with E-state index in [1.807, 2.05) is 33.0 Å². The molecular weight excluding hydrogens is 272 g/mol. The Morgan fingerprint density at radius 3 is 2.80 bits per heavy atom. The first kappa shape index (κ1) is 14.7. The molecule has 2 aromatic rings. The maximum absolute atomic E-state index is 5.61. The first-order valence-corrected chi connectivity index (χ1v) is 7.58. The van der Waals surface area contributed by atoms with Gasteiger partial charge in [0.2, 0.25) is 11.8 Å². The van der Waals surface area contributed by atoms with Crippen LogP contribution in [0, 0.1) is 6.92 Å². The van der Waals surface area contributed by atoms with Gasteiger partial charge >= 0.3 is 0 Å². The summed E-state index contributed by atoms with van der Waals surface area (Å²) in [5, 5.41) is 4.24. The topological polar surface area (TPSA) is 59.9 Å². The monoisotopic (exact) mass is 292 g/mol. The predicted octanol–water partition coefficient (Wildman–Crippen LogP) is 3.20. The highest BCUT2D eigenvalue weighted by atomic mass is 32.1. The van der Waals surface area contributed by atoms with Gasteiger partial charge in [0.1, 0.15) is 5.01 Å². The second-order valence-electron chi connectivity index (χ2n) is 4.77. The van der Waals surface area contributed by atoms with Crippen molar-refractivity contribution in [3.63, 3.8) is 0 Å². The normalized spacial score (nSPS) is 10.8. The molecule has 0 saturated heterocycles. The maximum Gasteiger partial charge on any atom is 0.226 e. The molecule has 2 aromatic heterocycles. The zero-order valence-corrected chi connectivity index (χ0v) is 13.1. The predicted molar refractivity (Wildman–Crippen MR) is 81.4 cm³/mol. The molecule has 108 valence electrons. The highest BCUT2D eigenvalue weighted by molar-refractivity contribution is 7.11. The second kappa shape index (κ2) is 6.65. The lowest BCUT2D eigenvalue weighted by molar-refractivity contribution is 0.232. The summed E-state index contributed by atoms with van der Waals surface area (Å²) in [7, 11) is 0. The van der Waals surface area contributed by atoms with Crippen molar-refractivity contribution in [1.29, 1.82) is 0 Å². The van der Waals surface area contributed by atoms with Gasteiger partial charge in [0, 0.05) is 22.8 Å². The SMILES string of the molecule is CCc1cnc(CNc2nc(C)cc(OC(C)C)n2)s1. The molecule has 0 aliphatic rings. The van der Waals surface area contributed by atoms with Gasteiger partial charge in [-0.2, -0.15) is 4.98 Å². The van der Waals surface area contributed by atoms with Gasteiger partial charge < -0.3 is 10.1 Å². The van der Waals surface area contributed by atoms with E-state index >= 15 is 0 Å². The number of aromatic nitrogens is 3. The standard InChI is InChI=1S/C14H20N4OS/c1-5-11-7-15-13(20-11)8-16-14-17-10(4)6-12(18-14)19-9(2)3/h6-7,9H,5,8H2,1-4H3,(H,16,17,18). The van der Waals surface area contributed by atoms with E-state index in [0.29, 0.717) is 18.4 Å². The van der Waals surface area contributed by atoms with Crippen molar-refractivity contribution in [2.24, 2.45) is 0 Å². The molecule has 2 heterocycles. The fourth-order valence-corrected chi connectivity index (χ4v) is 2.47.